The van der Waals surface area contributed by atoms with Crippen LogP contribution in [0.5, 0.6) is 0 Å². The average Bonchev–Trinajstić information content (AvgIpc) is 1.89. The second kappa shape index (κ2) is 2.58. The van der Waals surface area contributed by atoms with Crippen molar-refractivity contribution in [3.05, 3.63) is 29.8 Å². The molecule has 1 aromatic heterocycles. The molecule has 0 atom stereocenters. The summed E-state index contributed by atoms with van der Waals surface area (Å²) in [7, 11) is 0. The molecule has 2 heteroatoms. The highest BCUT2D eigenvalue weighted by molar-refractivity contribution is 5.09. The van der Waals surface area contributed by atoms with Crippen LogP contribution in [0.15, 0.2) is 12.3 Å². The van der Waals surface area contributed by atoms with E-state index < -0.39 is 0 Å². The Balaban J connectivity index is 3.01. The van der Waals surface area contributed by atoms with Crippen LogP contribution in [-0.2, 0) is 6.42 Å². The van der Waals surface area contributed by atoms with E-state index in [0.717, 1.165) is 0 Å². The van der Waals surface area contributed by atoms with Gasteiger partial charge in [0.1, 0.15) is 5.82 Å². The van der Waals surface area contributed by atoms with Gasteiger partial charge in [-0.05, 0) is 12.5 Å². The molecule has 0 aliphatic heterocycles. The van der Waals surface area contributed by atoms with E-state index >= 15 is 0 Å². The van der Waals surface area contributed by atoms with Gasteiger partial charge in [-0.25, -0.2) is 4.39 Å². The topological polar surface area (TPSA) is 12.9 Å². The van der Waals surface area contributed by atoms with Crippen LogP contribution in [-0.4, -0.2) is 4.98 Å². The molecule has 1 nitrogen and oxygen atoms in total. The van der Waals surface area contributed by atoms with Crippen LogP contribution < -0.4 is 0 Å². The van der Waals surface area contributed by atoms with Crippen molar-refractivity contribution in [2.75, 3.05) is 0 Å². The lowest BCUT2D eigenvalue weighted by molar-refractivity contribution is 0.608. The van der Waals surface area contributed by atoms with E-state index in [4.69, 9.17) is 0 Å². The lowest BCUT2D eigenvalue weighted by atomic mass is 10.2. The molecule has 1 aromatic rings. The maximum Gasteiger partial charge on any atom is 0.130 e. The zero-order valence-electron chi connectivity index (χ0n) is 5.19. The standard InChI is InChI=1S/C7H7FN/c1-2-6-5-9-4-3-7(6)8/h3-4H,2H2,1H3. The highest BCUT2D eigenvalue weighted by atomic mass is 19.1. The van der Waals surface area contributed by atoms with Gasteiger partial charge < -0.3 is 0 Å². The second-order valence-corrected chi connectivity index (χ2v) is 1.74. The minimum atomic E-state index is -0.215. The summed E-state index contributed by atoms with van der Waals surface area (Å²) >= 11 is 0. The largest absolute Gasteiger partial charge is 0.254 e. The Morgan fingerprint density at radius 3 is 3.00 bits per heavy atom. The molecule has 1 rings (SSSR count). The molecule has 0 fully saturated rings. The Labute approximate surface area is 53.5 Å². The Bertz CT molecular complexity index is 198. The van der Waals surface area contributed by atoms with E-state index in [2.05, 4.69) is 11.2 Å². The van der Waals surface area contributed by atoms with E-state index in [9.17, 15) is 4.39 Å². The molecule has 0 aliphatic rings. The fourth-order valence-electron chi connectivity index (χ4n) is 0.620. The smallest absolute Gasteiger partial charge is 0.130 e. The molecule has 0 amide bonds. The van der Waals surface area contributed by atoms with Crippen molar-refractivity contribution < 1.29 is 4.39 Å². The number of pyridine rings is 1. The second-order valence-electron chi connectivity index (χ2n) is 1.74. The predicted octanol–water partition coefficient (Wildman–Crippen LogP) is 1.58. The van der Waals surface area contributed by atoms with Gasteiger partial charge in [0.25, 0.3) is 0 Å². The number of nitrogens with zero attached hydrogens (tertiary/aromatic N) is 1. The maximum absolute atomic E-state index is 12.5. The van der Waals surface area contributed by atoms with Gasteiger partial charge in [-0.2, -0.15) is 0 Å². The monoisotopic (exact) mass is 124 g/mol. The van der Waals surface area contributed by atoms with Gasteiger partial charge in [-0.15, -0.1) is 0 Å². The Hall–Kier alpha value is -0.920. The molecule has 1 radical (unpaired) electrons. The predicted molar refractivity (Wildman–Crippen MR) is 32.4 cm³/mol. The molecular weight excluding hydrogens is 117 g/mol. The fourth-order valence-corrected chi connectivity index (χ4v) is 0.620. The molecule has 1 heterocycles. The van der Waals surface area contributed by atoms with Gasteiger partial charge >= 0.3 is 0 Å². The molecule has 0 saturated carbocycles. The van der Waals surface area contributed by atoms with E-state index in [0.29, 0.717) is 12.0 Å². The van der Waals surface area contributed by atoms with Crippen LogP contribution in [0.4, 0.5) is 4.39 Å². The molecule has 47 valence electrons. The van der Waals surface area contributed by atoms with Gasteiger partial charge in [0, 0.05) is 11.8 Å². The molecule has 0 unspecified atom stereocenters. The molecule has 9 heavy (non-hydrogen) atoms. The molecule has 0 spiro atoms. The molecule has 0 aliphatic carbocycles. The summed E-state index contributed by atoms with van der Waals surface area (Å²) in [5, 5.41) is 0. The van der Waals surface area contributed by atoms with Gasteiger partial charge in [-0.3, -0.25) is 4.98 Å². The van der Waals surface area contributed by atoms with Gasteiger partial charge in [0.2, 0.25) is 0 Å². The molecule has 0 aromatic carbocycles. The average molecular weight is 124 g/mol. The first-order valence-corrected chi connectivity index (χ1v) is 2.85. The minimum Gasteiger partial charge on any atom is -0.254 e. The van der Waals surface area contributed by atoms with E-state index in [1.54, 1.807) is 0 Å². The molecular formula is C7H7FN. The van der Waals surface area contributed by atoms with Gasteiger partial charge in [0.05, 0.1) is 6.20 Å². The molecule has 0 N–H and O–H groups in total. The summed E-state index contributed by atoms with van der Waals surface area (Å²) in [5.41, 5.74) is 0.553. The van der Waals surface area contributed by atoms with Crippen LogP contribution in [0.25, 0.3) is 0 Å². The summed E-state index contributed by atoms with van der Waals surface area (Å²) in [6, 6.07) is 1.34. The van der Waals surface area contributed by atoms with E-state index in [1.807, 2.05) is 6.92 Å². The zero-order chi connectivity index (χ0) is 6.69. The third-order valence-electron chi connectivity index (χ3n) is 1.14. The summed E-state index contributed by atoms with van der Waals surface area (Å²) < 4.78 is 12.5. The summed E-state index contributed by atoms with van der Waals surface area (Å²) in [4.78, 5) is 3.65. The quantitative estimate of drug-likeness (QED) is 0.554. The van der Waals surface area contributed by atoms with Crippen molar-refractivity contribution >= 4 is 0 Å². The van der Waals surface area contributed by atoms with Crippen molar-refractivity contribution in [3.63, 3.8) is 0 Å². The van der Waals surface area contributed by atoms with Gasteiger partial charge in [-0.1, -0.05) is 6.92 Å². The summed E-state index contributed by atoms with van der Waals surface area (Å²) in [5.74, 6) is -0.215. The van der Waals surface area contributed by atoms with Crippen LogP contribution in [0.1, 0.15) is 12.5 Å². The summed E-state index contributed by atoms with van der Waals surface area (Å²) in [6.07, 6.45) is 4.61. The Morgan fingerprint density at radius 2 is 2.56 bits per heavy atom. The number of hydrogen-bond acceptors (Lipinski definition) is 1. The normalized spacial score (nSPS) is 9.56. The first-order chi connectivity index (χ1) is 4.34. The van der Waals surface area contributed by atoms with Gasteiger partial charge in [0.15, 0.2) is 0 Å². The lowest BCUT2D eigenvalue weighted by Gasteiger charge is -1.92. The van der Waals surface area contributed by atoms with Crippen molar-refractivity contribution in [2.45, 2.75) is 13.3 Å². The maximum atomic E-state index is 12.5. The van der Waals surface area contributed by atoms with Crippen LogP contribution >= 0.6 is 0 Å². The third-order valence-corrected chi connectivity index (χ3v) is 1.14. The number of aromatic nitrogens is 1. The van der Waals surface area contributed by atoms with Crippen LogP contribution in [0, 0.1) is 12.0 Å². The third kappa shape index (κ3) is 1.25. The highest BCUT2D eigenvalue weighted by Crippen LogP contribution is 2.02. The van der Waals surface area contributed by atoms with E-state index in [-0.39, 0.29) is 5.82 Å². The van der Waals surface area contributed by atoms with Crippen molar-refractivity contribution in [1.82, 2.24) is 4.98 Å². The van der Waals surface area contributed by atoms with Crippen LogP contribution in [0.3, 0.4) is 0 Å². The lowest BCUT2D eigenvalue weighted by Crippen LogP contribution is -1.87. The molecule has 0 bridgehead atoms. The zero-order valence-corrected chi connectivity index (χ0v) is 5.19. The first-order valence-electron chi connectivity index (χ1n) is 2.85. The fraction of sp³-hybridized carbons (Fsp3) is 0.286. The minimum absolute atomic E-state index is 0.215. The number of rotatable bonds is 1. The number of aryl methyl sites for hydroxylation is 1. The van der Waals surface area contributed by atoms with Crippen molar-refractivity contribution in [1.29, 1.82) is 0 Å². The SMILES string of the molecule is CCc1[c]nccc1F. The molecule has 0 saturated heterocycles. The van der Waals surface area contributed by atoms with E-state index in [1.165, 1.54) is 12.3 Å². The Morgan fingerprint density at radius 1 is 1.78 bits per heavy atom. The Kier molecular flexibility index (Phi) is 1.78. The van der Waals surface area contributed by atoms with Crippen molar-refractivity contribution in [2.24, 2.45) is 0 Å². The van der Waals surface area contributed by atoms with Crippen molar-refractivity contribution in [3.8, 4) is 0 Å². The first kappa shape index (κ1) is 6.20. The number of halogens is 1. The number of hydrogen-bond donors (Lipinski definition) is 0. The highest BCUT2D eigenvalue weighted by Gasteiger charge is 1.95. The summed E-state index contributed by atoms with van der Waals surface area (Å²) in [6.45, 7) is 1.87. The van der Waals surface area contributed by atoms with Crippen LogP contribution in [0.2, 0.25) is 0 Å².